The summed E-state index contributed by atoms with van der Waals surface area (Å²) in [7, 11) is 0. The molecule has 0 aliphatic heterocycles. The molecule has 10 rings (SSSR count). The molecular weight excluding hydrogens is 1280 g/mol. The largest absolute Gasteiger partial charge is 0.416 e. The quantitative estimate of drug-likeness (QED) is 0.0295. The molecule has 8 aromatic rings. The molecular formula is C74H80F8N8O4S2. The van der Waals surface area contributed by atoms with Gasteiger partial charge in [0.05, 0.1) is 26.2 Å². The van der Waals surface area contributed by atoms with Gasteiger partial charge in [0.1, 0.15) is 24.7 Å². The zero-order valence-corrected chi connectivity index (χ0v) is 54.6. The number of aromatic nitrogens is 4. The van der Waals surface area contributed by atoms with Crippen LogP contribution in [0.1, 0.15) is 130 Å². The number of thioether (sulfide) groups is 2. The number of alkyl halides is 6. The molecule has 2 aliphatic rings. The van der Waals surface area contributed by atoms with Gasteiger partial charge in [-0.05, 0) is 170 Å². The number of nitrogens with zero attached hydrogens (tertiary/aromatic N) is 8. The summed E-state index contributed by atoms with van der Waals surface area (Å²) in [6, 6.07) is 10.9. The van der Waals surface area contributed by atoms with Crippen LogP contribution in [0.3, 0.4) is 0 Å². The molecule has 0 saturated carbocycles. The number of carbonyl (C=O) groups excluding carboxylic acids is 2. The van der Waals surface area contributed by atoms with Crippen LogP contribution in [0.25, 0.3) is 22.3 Å². The second-order valence-electron chi connectivity index (χ2n) is 21.9. The van der Waals surface area contributed by atoms with E-state index >= 15 is 0 Å². The molecule has 6 aromatic carbocycles. The molecule has 2 aromatic heterocycles. The molecule has 0 bridgehead atoms. The summed E-state index contributed by atoms with van der Waals surface area (Å²) in [6.45, 7) is 4.13. The first-order valence-electron chi connectivity index (χ1n) is 40.5. The lowest BCUT2D eigenvalue weighted by Crippen LogP contribution is -2.40. The van der Waals surface area contributed by atoms with E-state index in [4.69, 9.17) is 21.9 Å². The Morgan fingerprint density at radius 3 is 1.53 bits per heavy atom. The Balaban J connectivity index is 0.000000265. The molecule has 0 fully saturated rings. The fourth-order valence-corrected chi connectivity index (χ4v) is 11.7. The van der Waals surface area contributed by atoms with Gasteiger partial charge in [0.15, 0.2) is 10.3 Å². The first-order chi connectivity index (χ1) is 53.7. The maximum atomic E-state index is 14.6. The van der Waals surface area contributed by atoms with E-state index in [1.54, 1.807) is 0 Å². The fraction of sp³-hybridized carbons (Fsp3) is 0.378. The number of rotatable bonds is 26. The SMILES string of the molecule is [2H]C([2H])(Sc1nc(=O)c2c(n1CC(=O)N(CCN(CC)CC)C([2H])([2H])c1ccc(-c3ccc(C(F)(F)F)cc3)cc1)C([2H])([2H])C([2H])(C)C2([2H])[2H])c1ccc(F)cc1.[2H]c1c([2H])c(C(F)(F)F)c([2H])c([2H])c1-c1c([2H])c([2H])c(C([2H])([2H])N(CCN(CC)CC)C(=O)Cn2c(SC([2H])([2H])c3ccc(F)cc3)nc(=O)c3c2CCC3)c(C)c1[2H]. The summed E-state index contributed by atoms with van der Waals surface area (Å²) in [5.41, 5.74) is -12.0. The van der Waals surface area contributed by atoms with Crippen LogP contribution in [0.2, 0.25) is 0 Å². The monoisotopic (exact) mass is 1380 g/mol. The number of likely N-dealkylation sites (N-methyl/N-ethyl adjacent to an activating group) is 2. The van der Waals surface area contributed by atoms with Crippen LogP contribution in [0.5, 0.6) is 0 Å². The minimum Gasteiger partial charge on any atom is -0.336 e. The minimum absolute atomic E-state index is 0.0260. The van der Waals surface area contributed by atoms with Crippen LogP contribution in [0.15, 0.2) is 159 Å². The second kappa shape index (κ2) is 32.9. The van der Waals surface area contributed by atoms with E-state index in [0.29, 0.717) is 79.6 Å². The summed E-state index contributed by atoms with van der Waals surface area (Å²) in [5, 5.41) is -0.772. The van der Waals surface area contributed by atoms with Crippen molar-refractivity contribution < 1.29 is 72.1 Å². The van der Waals surface area contributed by atoms with Crippen LogP contribution < -0.4 is 11.1 Å². The van der Waals surface area contributed by atoms with Crippen LogP contribution in [0, 0.1) is 24.5 Å². The molecule has 2 amide bonds. The van der Waals surface area contributed by atoms with Gasteiger partial charge in [-0.25, -0.2) is 8.78 Å². The van der Waals surface area contributed by atoms with Crippen LogP contribution in [0.4, 0.5) is 35.1 Å². The van der Waals surface area contributed by atoms with E-state index in [-0.39, 0.29) is 65.4 Å². The number of benzene rings is 6. The lowest BCUT2D eigenvalue weighted by Gasteiger charge is -2.28. The minimum atomic E-state index is -5.28. The number of amides is 2. The second-order valence-corrected chi connectivity index (χ2v) is 23.4. The van der Waals surface area contributed by atoms with Gasteiger partial charge in [-0.3, -0.25) is 19.2 Å². The molecule has 0 N–H and O–H groups in total. The van der Waals surface area contributed by atoms with E-state index in [9.17, 15) is 59.8 Å². The molecule has 0 radical (unpaired) electrons. The van der Waals surface area contributed by atoms with Crippen molar-refractivity contribution in [1.29, 1.82) is 0 Å². The summed E-state index contributed by atoms with van der Waals surface area (Å²) < 4.78 is 286. The number of fused-ring (bicyclic) bond motifs is 2. The van der Waals surface area contributed by atoms with Gasteiger partial charge in [0.2, 0.25) is 11.8 Å². The molecule has 22 heteroatoms. The molecule has 12 nitrogen and oxygen atoms in total. The standard InChI is InChI=1S/2C37H40F4N4O2S/c1-4-43(5-2)18-19-44(22-26-6-10-28(11-7-26)29-12-14-30(15-13-29)37(39,40)41)34(46)23-45-33-21-25(3)20-32(33)35(47)42-36(45)48-24-27-8-16-31(38)17-9-27;1-4-43(5-2)19-20-44(22-29-12-11-28(21-25(29)3)27-13-15-30(16-14-27)37(39,40)41)34(46)23-45-33-8-6-7-32(33)35(47)42-36(45)48-24-26-9-17-31(38)18-10-26/h6-17,25H,4-5,18-24H2,1-3H3;9-18,21H,4-8,19-20,22-24H2,1-3H3/i20D2,21D2,22D2,24D2,25D;11D,12D,13D,14D,15D,16D,21D,22D2,24D2. The Hall–Kier alpha value is -7.92. The van der Waals surface area contributed by atoms with Gasteiger partial charge in [0.25, 0.3) is 11.1 Å². The van der Waals surface area contributed by atoms with Gasteiger partial charge in [-0.1, -0.05) is 149 Å². The van der Waals surface area contributed by atoms with Gasteiger partial charge in [-0.15, -0.1) is 0 Å². The maximum Gasteiger partial charge on any atom is 0.416 e. The normalized spacial score (nSPS) is 19.0. The lowest BCUT2D eigenvalue weighted by atomic mass is 9.98. The highest BCUT2D eigenvalue weighted by Crippen LogP contribution is 2.35. The summed E-state index contributed by atoms with van der Waals surface area (Å²) in [5.74, 6) is -5.82. The van der Waals surface area contributed by atoms with Crippen molar-refractivity contribution in [2.45, 2.75) is 134 Å². The highest BCUT2D eigenvalue weighted by molar-refractivity contribution is 7.98. The first kappa shape index (κ1) is 49.6. The Morgan fingerprint density at radius 1 is 0.573 bits per heavy atom. The molecule has 2 heterocycles. The number of halogens is 8. The van der Waals surface area contributed by atoms with Crippen LogP contribution >= 0.6 is 23.5 Å². The lowest BCUT2D eigenvalue weighted by molar-refractivity contribution is -0.138. The summed E-state index contributed by atoms with van der Waals surface area (Å²) in [6.07, 6.45) is -14.6. The molecule has 1 unspecified atom stereocenters. The van der Waals surface area contributed by atoms with E-state index < -0.39 is 190 Å². The Bertz CT molecular complexity index is 5100. The third-order valence-corrected chi connectivity index (χ3v) is 17.2. The molecule has 0 saturated heterocycles. The third-order valence-electron chi connectivity index (χ3n) is 15.5. The predicted molar refractivity (Wildman–Crippen MR) is 362 cm³/mol. The topological polar surface area (TPSA) is 117 Å². The third kappa shape index (κ3) is 19.0. The average molecular weight is 1380 g/mol. The predicted octanol–water partition coefficient (Wildman–Crippen LogP) is 15.0. The van der Waals surface area contributed by atoms with Crippen LogP contribution in [-0.2, 0) is 85.0 Å². The van der Waals surface area contributed by atoms with Gasteiger partial charge in [-0.2, -0.15) is 36.3 Å². The number of carbonyl (C=O) groups is 2. The van der Waals surface area contributed by atoms with Gasteiger partial charge >= 0.3 is 12.4 Å². The fourth-order valence-electron chi connectivity index (χ4n) is 10.2. The van der Waals surface area contributed by atoms with Crippen molar-refractivity contribution in [3.63, 3.8) is 0 Å². The molecule has 0 spiro atoms. The van der Waals surface area contributed by atoms with Crippen molar-refractivity contribution in [2.24, 2.45) is 5.89 Å². The van der Waals surface area contributed by atoms with Crippen molar-refractivity contribution in [1.82, 2.24) is 38.7 Å². The number of hydrogen-bond donors (Lipinski definition) is 0. The Morgan fingerprint density at radius 2 is 1.03 bits per heavy atom. The zero-order chi connectivity index (χ0) is 86.6. The average Bonchev–Trinajstić information content (AvgIpc) is 1.57. The van der Waals surface area contributed by atoms with Gasteiger partial charge < -0.3 is 28.7 Å². The van der Waals surface area contributed by atoms with Crippen molar-refractivity contribution in [3.05, 3.63) is 233 Å². The van der Waals surface area contributed by atoms with Crippen molar-refractivity contribution >= 4 is 35.3 Å². The van der Waals surface area contributed by atoms with E-state index in [1.807, 2.05) is 37.5 Å². The summed E-state index contributed by atoms with van der Waals surface area (Å²) >= 11 is 0.775. The van der Waals surface area contributed by atoms with E-state index in [1.165, 1.54) is 60.0 Å². The Kier molecular flexibility index (Phi) is 17.0. The van der Waals surface area contributed by atoms with E-state index in [2.05, 4.69) is 9.97 Å². The van der Waals surface area contributed by atoms with Crippen molar-refractivity contribution in [2.75, 3.05) is 52.4 Å². The van der Waals surface area contributed by atoms with E-state index in [0.717, 1.165) is 69.8 Å². The molecule has 2 aliphatic carbocycles. The molecule has 508 valence electrons. The van der Waals surface area contributed by atoms with Crippen LogP contribution in [-0.4, -0.2) is 103 Å². The maximum absolute atomic E-state index is 14.6. The molecule has 1 atom stereocenters. The highest BCUT2D eigenvalue weighted by atomic mass is 32.2. The first-order valence-corrected chi connectivity index (χ1v) is 32.2. The molecule has 96 heavy (non-hydrogen) atoms. The summed E-state index contributed by atoms with van der Waals surface area (Å²) in [4.78, 5) is 69.4. The smallest absolute Gasteiger partial charge is 0.336 e. The number of hydrogen-bond acceptors (Lipinski definition) is 10. The highest BCUT2D eigenvalue weighted by Gasteiger charge is 2.33. The Labute approximate surface area is 591 Å². The zero-order valence-electron chi connectivity index (χ0n) is 73.0. The van der Waals surface area contributed by atoms with Gasteiger partial charge in [0, 0.05) is 85.4 Å². The van der Waals surface area contributed by atoms with Crippen molar-refractivity contribution in [3.8, 4) is 22.3 Å².